The molecule has 5 heteroatoms. The monoisotopic (exact) mass is 239 g/mol. The number of rotatable bonds is 7. The Morgan fingerprint density at radius 2 is 2.00 bits per heavy atom. The lowest BCUT2D eigenvalue weighted by Crippen LogP contribution is -2.32. The van der Waals surface area contributed by atoms with Crippen LogP contribution in [0.15, 0.2) is 12.4 Å². The van der Waals surface area contributed by atoms with Crippen molar-refractivity contribution in [1.82, 2.24) is 15.3 Å². The predicted octanol–water partition coefficient (Wildman–Crippen LogP) is 1.56. The first kappa shape index (κ1) is 13.9. The third-order valence-corrected chi connectivity index (χ3v) is 2.65. The summed E-state index contributed by atoms with van der Waals surface area (Å²) >= 11 is 0. The van der Waals surface area contributed by atoms with E-state index < -0.39 is 0 Å². The molecule has 1 aromatic rings. The summed E-state index contributed by atoms with van der Waals surface area (Å²) in [4.78, 5) is 8.50. The molecule has 17 heavy (non-hydrogen) atoms. The van der Waals surface area contributed by atoms with Gasteiger partial charge in [0.15, 0.2) is 0 Å². The smallest absolute Gasteiger partial charge is 0.237 e. The van der Waals surface area contributed by atoms with Crippen LogP contribution in [-0.2, 0) is 4.74 Å². The Hall–Kier alpha value is -1.20. The number of hydrogen-bond acceptors (Lipinski definition) is 5. The Balaban J connectivity index is 2.98. The second-order valence-corrected chi connectivity index (χ2v) is 3.62. The van der Waals surface area contributed by atoms with Crippen molar-refractivity contribution in [1.29, 1.82) is 0 Å². The van der Waals surface area contributed by atoms with Gasteiger partial charge in [0.2, 0.25) is 5.88 Å². The number of aromatic nitrogens is 2. The van der Waals surface area contributed by atoms with E-state index >= 15 is 0 Å². The second kappa shape index (κ2) is 7.19. The lowest BCUT2D eigenvalue weighted by atomic mass is 10.1. The average Bonchev–Trinajstić information content (AvgIpc) is 2.39. The number of methoxy groups -OCH3 is 1. The number of likely N-dealkylation sites (N-methyl/N-ethyl adjacent to an activating group) is 1. The molecule has 0 aliphatic carbocycles. The molecule has 1 N–H and O–H groups in total. The Kier molecular flexibility index (Phi) is 5.86. The highest BCUT2D eigenvalue weighted by atomic mass is 16.5. The van der Waals surface area contributed by atoms with Crippen molar-refractivity contribution >= 4 is 0 Å². The summed E-state index contributed by atoms with van der Waals surface area (Å²) in [6.07, 6.45) is 4.26. The molecule has 1 rings (SSSR count). The van der Waals surface area contributed by atoms with Gasteiger partial charge >= 0.3 is 0 Å². The lowest BCUT2D eigenvalue weighted by Gasteiger charge is -2.25. The molecular formula is C12H21N3O2. The quantitative estimate of drug-likeness (QED) is 0.782. The molecule has 1 heterocycles. The Labute approximate surface area is 103 Å². The first-order valence-corrected chi connectivity index (χ1v) is 5.92. The van der Waals surface area contributed by atoms with Crippen LogP contribution in [0.25, 0.3) is 0 Å². The van der Waals surface area contributed by atoms with Crippen molar-refractivity contribution < 1.29 is 9.47 Å². The molecule has 0 bridgehead atoms. The molecule has 0 radical (unpaired) electrons. The van der Waals surface area contributed by atoms with Gasteiger partial charge in [-0.1, -0.05) is 6.92 Å². The predicted molar refractivity (Wildman–Crippen MR) is 66.1 cm³/mol. The van der Waals surface area contributed by atoms with Gasteiger partial charge in [0, 0.05) is 19.0 Å². The standard InChI is InChI=1S/C12H21N3O2/c1-5-9(17-6-2)10(13-3)11-12(16-4)15-8-7-14-11/h7-10,13H,5-6H2,1-4H3. The van der Waals surface area contributed by atoms with E-state index in [0.29, 0.717) is 12.5 Å². The van der Waals surface area contributed by atoms with E-state index in [2.05, 4.69) is 22.2 Å². The molecule has 1 aromatic heterocycles. The van der Waals surface area contributed by atoms with Crippen LogP contribution in [0.4, 0.5) is 0 Å². The summed E-state index contributed by atoms with van der Waals surface area (Å²) < 4.78 is 10.9. The van der Waals surface area contributed by atoms with Gasteiger partial charge in [-0.15, -0.1) is 0 Å². The minimum atomic E-state index is -0.0106. The van der Waals surface area contributed by atoms with Crippen LogP contribution >= 0.6 is 0 Å². The Morgan fingerprint density at radius 1 is 1.29 bits per heavy atom. The van der Waals surface area contributed by atoms with Gasteiger partial charge in [-0.3, -0.25) is 4.98 Å². The number of ether oxygens (including phenoxy) is 2. The zero-order valence-electron chi connectivity index (χ0n) is 10.9. The zero-order chi connectivity index (χ0) is 12.7. The molecular weight excluding hydrogens is 218 g/mol. The average molecular weight is 239 g/mol. The minimum Gasteiger partial charge on any atom is -0.480 e. The summed E-state index contributed by atoms with van der Waals surface area (Å²) in [5.41, 5.74) is 0.790. The van der Waals surface area contributed by atoms with E-state index in [1.165, 1.54) is 0 Å². The molecule has 0 saturated carbocycles. The molecule has 0 aliphatic heterocycles. The zero-order valence-corrected chi connectivity index (χ0v) is 10.9. The topological polar surface area (TPSA) is 56.3 Å². The van der Waals surface area contributed by atoms with E-state index in [1.54, 1.807) is 19.5 Å². The van der Waals surface area contributed by atoms with Crippen molar-refractivity contribution in [3.8, 4) is 5.88 Å². The number of nitrogens with zero attached hydrogens (tertiary/aromatic N) is 2. The van der Waals surface area contributed by atoms with Crippen LogP contribution in [0.3, 0.4) is 0 Å². The third kappa shape index (κ3) is 3.38. The third-order valence-electron chi connectivity index (χ3n) is 2.65. The van der Waals surface area contributed by atoms with Crippen molar-refractivity contribution in [2.45, 2.75) is 32.4 Å². The largest absolute Gasteiger partial charge is 0.480 e. The van der Waals surface area contributed by atoms with Crippen LogP contribution in [0.5, 0.6) is 5.88 Å². The molecule has 96 valence electrons. The summed E-state index contributed by atoms with van der Waals surface area (Å²) in [6, 6.07) is -0.0106. The van der Waals surface area contributed by atoms with Crippen LogP contribution in [0.2, 0.25) is 0 Å². The maximum Gasteiger partial charge on any atom is 0.237 e. The van der Waals surface area contributed by atoms with Crippen LogP contribution in [0.1, 0.15) is 32.0 Å². The number of hydrogen-bond donors (Lipinski definition) is 1. The van der Waals surface area contributed by atoms with Gasteiger partial charge in [-0.2, -0.15) is 0 Å². The summed E-state index contributed by atoms with van der Waals surface area (Å²) in [7, 11) is 3.49. The van der Waals surface area contributed by atoms with Crippen molar-refractivity contribution in [2.24, 2.45) is 0 Å². The van der Waals surface area contributed by atoms with E-state index in [0.717, 1.165) is 12.1 Å². The van der Waals surface area contributed by atoms with E-state index in [4.69, 9.17) is 9.47 Å². The fourth-order valence-corrected chi connectivity index (χ4v) is 1.87. The molecule has 2 atom stereocenters. The summed E-state index contributed by atoms with van der Waals surface area (Å²) in [5, 5.41) is 3.22. The highest BCUT2D eigenvalue weighted by Crippen LogP contribution is 2.25. The van der Waals surface area contributed by atoms with Gasteiger partial charge in [0.25, 0.3) is 0 Å². The van der Waals surface area contributed by atoms with Gasteiger partial charge in [0.05, 0.1) is 19.3 Å². The van der Waals surface area contributed by atoms with E-state index in [1.807, 2.05) is 14.0 Å². The molecule has 0 saturated heterocycles. The van der Waals surface area contributed by atoms with E-state index in [-0.39, 0.29) is 12.1 Å². The van der Waals surface area contributed by atoms with Gasteiger partial charge in [-0.05, 0) is 20.4 Å². The Morgan fingerprint density at radius 3 is 2.53 bits per heavy atom. The normalized spacial score (nSPS) is 14.4. The lowest BCUT2D eigenvalue weighted by molar-refractivity contribution is 0.0315. The second-order valence-electron chi connectivity index (χ2n) is 3.62. The summed E-state index contributed by atoms with van der Waals surface area (Å²) in [5.74, 6) is 0.546. The van der Waals surface area contributed by atoms with E-state index in [9.17, 15) is 0 Å². The van der Waals surface area contributed by atoms with Gasteiger partial charge < -0.3 is 14.8 Å². The minimum absolute atomic E-state index is 0.0106. The SMILES string of the molecule is CCOC(CC)C(NC)c1nccnc1OC. The van der Waals surface area contributed by atoms with Crippen molar-refractivity contribution in [2.75, 3.05) is 20.8 Å². The maximum absolute atomic E-state index is 5.71. The van der Waals surface area contributed by atoms with Gasteiger partial charge in [0.1, 0.15) is 5.69 Å². The van der Waals surface area contributed by atoms with Crippen LogP contribution in [-0.4, -0.2) is 36.8 Å². The molecule has 2 unspecified atom stereocenters. The number of nitrogens with one attached hydrogen (secondary N) is 1. The molecule has 0 aromatic carbocycles. The fourth-order valence-electron chi connectivity index (χ4n) is 1.87. The first-order chi connectivity index (χ1) is 8.28. The highest BCUT2D eigenvalue weighted by molar-refractivity contribution is 5.22. The molecule has 0 spiro atoms. The van der Waals surface area contributed by atoms with Gasteiger partial charge in [-0.25, -0.2) is 4.98 Å². The van der Waals surface area contributed by atoms with Crippen molar-refractivity contribution in [3.63, 3.8) is 0 Å². The van der Waals surface area contributed by atoms with Crippen LogP contribution in [0, 0.1) is 0 Å². The molecule has 0 fully saturated rings. The molecule has 0 amide bonds. The maximum atomic E-state index is 5.71. The molecule has 0 aliphatic rings. The molecule has 5 nitrogen and oxygen atoms in total. The fraction of sp³-hybridized carbons (Fsp3) is 0.667. The van der Waals surface area contributed by atoms with Crippen molar-refractivity contribution in [3.05, 3.63) is 18.1 Å². The van der Waals surface area contributed by atoms with Crippen LogP contribution < -0.4 is 10.1 Å². The Bertz CT molecular complexity index is 333. The first-order valence-electron chi connectivity index (χ1n) is 5.92. The summed E-state index contributed by atoms with van der Waals surface area (Å²) in [6.45, 7) is 4.76. The highest BCUT2D eigenvalue weighted by Gasteiger charge is 2.25.